The molecule has 3 nitrogen and oxygen atoms in total. The van der Waals surface area contributed by atoms with Gasteiger partial charge in [-0.1, -0.05) is 26.0 Å². The zero-order valence-corrected chi connectivity index (χ0v) is 15.4. The number of carbonyl (C=O) groups excluding carboxylic acids is 1. The quantitative estimate of drug-likeness (QED) is 0.699. The number of nitrogens with one attached hydrogen (secondary N) is 1. The number of aryl methyl sites for hydroxylation is 1. The van der Waals surface area contributed by atoms with Gasteiger partial charge in [-0.05, 0) is 61.5 Å². The molecule has 0 aromatic heterocycles. The van der Waals surface area contributed by atoms with Gasteiger partial charge in [0.25, 0.3) is 0 Å². The second-order valence-corrected chi connectivity index (χ2v) is 6.20. The van der Waals surface area contributed by atoms with E-state index in [2.05, 4.69) is 5.32 Å². The van der Waals surface area contributed by atoms with Gasteiger partial charge in [0.15, 0.2) is 0 Å². The topological polar surface area (TPSA) is 32.3 Å². The van der Waals surface area contributed by atoms with E-state index in [4.69, 9.17) is 0 Å². The molecular weight excluding hydrogens is 360 g/mol. The molecule has 146 valence electrons. The molecule has 0 saturated heterocycles. The summed E-state index contributed by atoms with van der Waals surface area (Å²) in [6.45, 7) is 6.27. The van der Waals surface area contributed by atoms with Crippen molar-refractivity contribution in [3.63, 3.8) is 0 Å². The Hall–Kier alpha value is -2.41. The molecule has 7 heteroatoms. The molecule has 2 aromatic rings. The number of nitrogens with zero attached hydrogens (tertiary/aromatic N) is 1. The Morgan fingerprint density at radius 1 is 1.11 bits per heavy atom. The number of alkyl halides is 3. The van der Waals surface area contributed by atoms with Gasteiger partial charge in [0.1, 0.15) is 11.9 Å². The first-order chi connectivity index (χ1) is 12.7. The van der Waals surface area contributed by atoms with Crippen LogP contribution in [0.4, 0.5) is 23.2 Å². The minimum Gasteiger partial charge on any atom is -0.324 e. The van der Waals surface area contributed by atoms with Crippen molar-refractivity contribution in [3.05, 3.63) is 65.0 Å². The zero-order chi connectivity index (χ0) is 20.2. The Bertz CT molecular complexity index is 801. The molecule has 1 N–H and O–H groups in total. The van der Waals surface area contributed by atoms with Crippen molar-refractivity contribution in [2.75, 3.05) is 18.4 Å². The Balaban J connectivity index is 2.41. The number of rotatable bonds is 6. The third-order valence-corrected chi connectivity index (χ3v) is 4.40. The molecule has 0 radical (unpaired) electrons. The van der Waals surface area contributed by atoms with Crippen molar-refractivity contribution in [1.82, 2.24) is 4.90 Å². The summed E-state index contributed by atoms with van der Waals surface area (Å²) in [4.78, 5) is 14.7. The van der Waals surface area contributed by atoms with Crippen LogP contribution in [-0.4, -0.2) is 23.9 Å². The van der Waals surface area contributed by atoms with E-state index in [1.54, 1.807) is 11.8 Å². The molecule has 0 spiro atoms. The highest BCUT2D eigenvalue weighted by molar-refractivity contribution is 5.96. The summed E-state index contributed by atoms with van der Waals surface area (Å²) in [5, 5.41) is 2.71. The fourth-order valence-electron chi connectivity index (χ4n) is 2.97. The van der Waals surface area contributed by atoms with Crippen LogP contribution in [0.25, 0.3) is 0 Å². The lowest BCUT2D eigenvalue weighted by atomic mass is 10.0. The van der Waals surface area contributed by atoms with Crippen LogP contribution in [-0.2, 0) is 11.0 Å². The zero-order valence-electron chi connectivity index (χ0n) is 15.4. The predicted octanol–water partition coefficient (Wildman–Crippen LogP) is 5.17. The maximum atomic E-state index is 13.3. The first-order valence-corrected chi connectivity index (χ1v) is 8.65. The first kappa shape index (κ1) is 20.9. The van der Waals surface area contributed by atoms with Crippen LogP contribution in [0.5, 0.6) is 0 Å². The second-order valence-electron chi connectivity index (χ2n) is 6.20. The molecule has 27 heavy (non-hydrogen) atoms. The highest BCUT2D eigenvalue weighted by atomic mass is 19.4. The molecule has 2 aromatic carbocycles. The molecule has 0 aliphatic carbocycles. The molecular formula is C20H22F4N2O. The van der Waals surface area contributed by atoms with Gasteiger partial charge in [-0.15, -0.1) is 0 Å². The number of likely N-dealkylation sites (N-methyl/N-ethyl adjacent to an activating group) is 1. The van der Waals surface area contributed by atoms with E-state index < -0.39 is 29.5 Å². The van der Waals surface area contributed by atoms with Crippen LogP contribution in [0.15, 0.2) is 42.5 Å². The standard InChI is InChI=1S/C20H22F4N2O/c1-4-26(5-2)18(14-7-6-8-15(12-14)20(22,23)24)19(27)25-17-10-9-16(21)11-13(17)3/h6-12,18H,4-5H2,1-3H3,(H,25,27)/t18-/m1/s1. The maximum Gasteiger partial charge on any atom is 0.416 e. The average molecular weight is 382 g/mol. The van der Waals surface area contributed by atoms with Gasteiger partial charge in [0.05, 0.1) is 5.56 Å². The van der Waals surface area contributed by atoms with Crippen molar-refractivity contribution in [1.29, 1.82) is 0 Å². The van der Waals surface area contributed by atoms with E-state index in [0.29, 0.717) is 24.3 Å². The minimum atomic E-state index is -4.49. The lowest BCUT2D eigenvalue weighted by Gasteiger charge is -2.29. The average Bonchev–Trinajstić information content (AvgIpc) is 2.61. The molecule has 0 unspecified atom stereocenters. The van der Waals surface area contributed by atoms with Gasteiger partial charge in [0.2, 0.25) is 5.91 Å². The number of anilines is 1. The largest absolute Gasteiger partial charge is 0.416 e. The van der Waals surface area contributed by atoms with Crippen molar-refractivity contribution < 1.29 is 22.4 Å². The van der Waals surface area contributed by atoms with E-state index in [1.807, 2.05) is 13.8 Å². The van der Waals surface area contributed by atoms with Crippen molar-refractivity contribution in [3.8, 4) is 0 Å². The molecule has 1 amide bonds. The summed E-state index contributed by atoms with van der Waals surface area (Å²) >= 11 is 0. The van der Waals surface area contributed by atoms with E-state index in [1.165, 1.54) is 30.3 Å². The summed E-state index contributed by atoms with van der Waals surface area (Å²) in [6.07, 6.45) is -4.49. The maximum absolute atomic E-state index is 13.3. The third-order valence-electron chi connectivity index (χ3n) is 4.40. The summed E-state index contributed by atoms with van der Waals surface area (Å²) in [5.41, 5.74) is 0.407. The van der Waals surface area contributed by atoms with Crippen LogP contribution >= 0.6 is 0 Å². The Morgan fingerprint density at radius 2 is 1.78 bits per heavy atom. The number of benzene rings is 2. The van der Waals surface area contributed by atoms with Crippen molar-refractivity contribution in [2.45, 2.75) is 33.0 Å². The van der Waals surface area contributed by atoms with Crippen molar-refractivity contribution >= 4 is 11.6 Å². The highest BCUT2D eigenvalue weighted by Crippen LogP contribution is 2.32. The molecule has 0 aliphatic rings. The van der Waals surface area contributed by atoms with Gasteiger partial charge in [-0.25, -0.2) is 4.39 Å². The lowest BCUT2D eigenvalue weighted by Crippen LogP contribution is -2.37. The molecule has 0 heterocycles. The molecule has 0 saturated carbocycles. The minimum absolute atomic E-state index is 0.255. The van der Waals surface area contributed by atoms with Gasteiger partial charge in [0, 0.05) is 5.69 Å². The normalized spacial score (nSPS) is 12.9. The number of carbonyl (C=O) groups is 1. The predicted molar refractivity (Wildman–Crippen MR) is 96.9 cm³/mol. The summed E-state index contributed by atoms with van der Waals surface area (Å²) in [6, 6.07) is 7.83. The van der Waals surface area contributed by atoms with Gasteiger partial charge >= 0.3 is 6.18 Å². The number of hydrogen-bond donors (Lipinski definition) is 1. The van der Waals surface area contributed by atoms with Gasteiger partial charge in [-0.3, -0.25) is 9.69 Å². The van der Waals surface area contributed by atoms with Crippen LogP contribution in [0.1, 0.15) is 36.6 Å². The van der Waals surface area contributed by atoms with E-state index in [9.17, 15) is 22.4 Å². The Kier molecular flexibility index (Phi) is 6.59. The Morgan fingerprint density at radius 3 is 2.33 bits per heavy atom. The summed E-state index contributed by atoms with van der Waals surface area (Å²) in [7, 11) is 0. The molecule has 2 rings (SSSR count). The van der Waals surface area contributed by atoms with Crippen LogP contribution in [0.2, 0.25) is 0 Å². The fourth-order valence-corrected chi connectivity index (χ4v) is 2.97. The summed E-state index contributed by atoms with van der Waals surface area (Å²) < 4.78 is 52.5. The smallest absolute Gasteiger partial charge is 0.324 e. The third kappa shape index (κ3) is 5.07. The molecule has 0 fully saturated rings. The van der Waals surface area contributed by atoms with Crippen molar-refractivity contribution in [2.24, 2.45) is 0 Å². The van der Waals surface area contributed by atoms with E-state index in [-0.39, 0.29) is 5.56 Å². The SMILES string of the molecule is CCN(CC)[C@@H](C(=O)Nc1ccc(F)cc1C)c1cccc(C(F)(F)F)c1. The molecule has 1 atom stereocenters. The van der Waals surface area contributed by atoms with Crippen LogP contribution in [0, 0.1) is 12.7 Å². The number of hydrogen-bond acceptors (Lipinski definition) is 2. The number of halogens is 4. The van der Waals surface area contributed by atoms with E-state index in [0.717, 1.165) is 12.1 Å². The number of amides is 1. The molecule has 0 aliphatic heterocycles. The van der Waals surface area contributed by atoms with Gasteiger partial charge in [-0.2, -0.15) is 13.2 Å². The van der Waals surface area contributed by atoms with Crippen LogP contribution < -0.4 is 5.32 Å². The van der Waals surface area contributed by atoms with E-state index >= 15 is 0 Å². The monoisotopic (exact) mass is 382 g/mol. The highest BCUT2D eigenvalue weighted by Gasteiger charge is 2.33. The van der Waals surface area contributed by atoms with Crippen LogP contribution in [0.3, 0.4) is 0 Å². The molecule has 0 bridgehead atoms. The lowest BCUT2D eigenvalue weighted by molar-refractivity contribution is -0.137. The summed E-state index contributed by atoms with van der Waals surface area (Å²) in [5.74, 6) is -0.892. The Labute approximate surface area is 156 Å². The van der Waals surface area contributed by atoms with Gasteiger partial charge < -0.3 is 5.32 Å². The second kappa shape index (κ2) is 8.52. The first-order valence-electron chi connectivity index (χ1n) is 8.65. The fraction of sp³-hybridized carbons (Fsp3) is 0.350.